The number of rotatable bonds is 5. The maximum atomic E-state index is 10.5. The molecule has 1 heterocycles. The van der Waals surface area contributed by atoms with Crippen molar-refractivity contribution in [3.8, 4) is 0 Å². The third-order valence-electron chi connectivity index (χ3n) is 1.87. The minimum absolute atomic E-state index is 0.0344. The van der Waals surface area contributed by atoms with E-state index >= 15 is 0 Å². The Balaban J connectivity index is 2.59. The summed E-state index contributed by atoms with van der Waals surface area (Å²) >= 11 is 0. The van der Waals surface area contributed by atoms with Crippen LogP contribution in [-0.2, 0) is 11.3 Å². The first-order valence-electron chi connectivity index (χ1n) is 4.41. The number of hydrogen-bond acceptors (Lipinski definition) is 4. The van der Waals surface area contributed by atoms with E-state index in [1.54, 1.807) is 13.1 Å². The molecular formula is C8H11N3O4. The van der Waals surface area contributed by atoms with Crippen molar-refractivity contribution in [1.82, 2.24) is 9.78 Å². The predicted octanol–water partition coefficient (Wildman–Crippen LogP) is 0.965. The number of aromatic nitrogens is 2. The summed E-state index contributed by atoms with van der Waals surface area (Å²) in [6.07, 6.45) is 1.99. The molecule has 1 aromatic rings. The molecule has 0 aliphatic rings. The number of carboxylic acids is 1. The van der Waals surface area contributed by atoms with E-state index < -0.39 is 10.9 Å². The van der Waals surface area contributed by atoms with E-state index in [0.717, 1.165) is 0 Å². The minimum atomic E-state index is -0.881. The van der Waals surface area contributed by atoms with Crippen molar-refractivity contribution in [1.29, 1.82) is 0 Å². The van der Waals surface area contributed by atoms with Gasteiger partial charge >= 0.3 is 11.8 Å². The van der Waals surface area contributed by atoms with Gasteiger partial charge in [0.2, 0.25) is 0 Å². The van der Waals surface area contributed by atoms with Crippen molar-refractivity contribution >= 4 is 11.8 Å². The SMILES string of the molecule is Cc1cn(CCCC(=O)O)nc1[N+](=O)[O-]. The molecule has 1 aromatic heterocycles. The number of aryl methyl sites for hydroxylation is 2. The fourth-order valence-corrected chi connectivity index (χ4v) is 1.20. The molecule has 7 nitrogen and oxygen atoms in total. The van der Waals surface area contributed by atoms with Crippen LogP contribution in [0.4, 0.5) is 5.82 Å². The van der Waals surface area contributed by atoms with Crippen LogP contribution in [0.2, 0.25) is 0 Å². The van der Waals surface area contributed by atoms with Gasteiger partial charge in [0, 0.05) is 6.42 Å². The standard InChI is InChI=1S/C8H11N3O4/c1-6-5-10(4-2-3-7(12)13)9-8(6)11(14)15/h5H,2-4H2,1H3,(H,12,13). The highest BCUT2D eigenvalue weighted by atomic mass is 16.6. The lowest BCUT2D eigenvalue weighted by molar-refractivity contribution is -0.390. The van der Waals surface area contributed by atoms with E-state index in [-0.39, 0.29) is 12.2 Å². The maximum absolute atomic E-state index is 10.5. The molecular weight excluding hydrogens is 202 g/mol. The summed E-state index contributed by atoms with van der Waals surface area (Å²) in [6, 6.07) is 0. The lowest BCUT2D eigenvalue weighted by atomic mass is 10.3. The van der Waals surface area contributed by atoms with Crippen LogP contribution >= 0.6 is 0 Å². The highest BCUT2D eigenvalue weighted by molar-refractivity contribution is 5.66. The molecule has 0 saturated heterocycles. The van der Waals surface area contributed by atoms with E-state index in [4.69, 9.17) is 5.11 Å². The molecule has 0 amide bonds. The van der Waals surface area contributed by atoms with E-state index in [2.05, 4.69) is 5.10 Å². The average Bonchev–Trinajstić information content (AvgIpc) is 2.46. The van der Waals surface area contributed by atoms with Gasteiger partial charge < -0.3 is 15.2 Å². The Labute approximate surface area is 85.5 Å². The second kappa shape index (κ2) is 4.54. The minimum Gasteiger partial charge on any atom is -0.481 e. The molecule has 82 valence electrons. The smallest absolute Gasteiger partial charge is 0.392 e. The second-order valence-electron chi connectivity index (χ2n) is 3.15. The van der Waals surface area contributed by atoms with E-state index in [0.29, 0.717) is 18.5 Å². The van der Waals surface area contributed by atoms with Crippen molar-refractivity contribution in [2.75, 3.05) is 0 Å². The average molecular weight is 213 g/mol. The van der Waals surface area contributed by atoms with Gasteiger partial charge in [-0.1, -0.05) is 0 Å². The first-order chi connectivity index (χ1) is 7.00. The molecule has 1 rings (SSSR count). The van der Waals surface area contributed by atoms with E-state index in [9.17, 15) is 14.9 Å². The lowest BCUT2D eigenvalue weighted by Crippen LogP contribution is -2.03. The summed E-state index contributed by atoms with van der Waals surface area (Å²) < 4.78 is 1.40. The van der Waals surface area contributed by atoms with Crippen molar-refractivity contribution in [2.45, 2.75) is 26.3 Å². The Kier molecular flexibility index (Phi) is 3.37. The van der Waals surface area contributed by atoms with Crippen LogP contribution in [0.1, 0.15) is 18.4 Å². The van der Waals surface area contributed by atoms with E-state index in [1.165, 1.54) is 4.68 Å². The van der Waals surface area contributed by atoms with E-state index in [1.807, 2.05) is 0 Å². The summed E-state index contributed by atoms with van der Waals surface area (Å²) in [7, 11) is 0. The van der Waals surface area contributed by atoms with Gasteiger partial charge in [-0.25, -0.2) is 0 Å². The van der Waals surface area contributed by atoms with Gasteiger partial charge in [-0.05, 0) is 18.3 Å². The monoisotopic (exact) mass is 213 g/mol. The number of hydrogen-bond donors (Lipinski definition) is 1. The maximum Gasteiger partial charge on any atom is 0.392 e. The van der Waals surface area contributed by atoms with Gasteiger partial charge in [0.15, 0.2) is 0 Å². The molecule has 0 aromatic carbocycles. The van der Waals surface area contributed by atoms with Crippen molar-refractivity contribution in [2.24, 2.45) is 0 Å². The second-order valence-corrected chi connectivity index (χ2v) is 3.15. The molecule has 0 aliphatic heterocycles. The highest BCUT2D eigenvalue weighted by Gasteiger charge is 2.16. The fourth-order valence-electron chi connectivity index (χ4n) is 1.20. The summed E-state index contributed by atoms with van der Waals surface area (Å²) in [5.74, 6) is -1.06. The zero-order valence-corrected chi connectivity index (χ0v) is 8.21. The molecule has 0 unspecified atom stereocenters. The molecule has 1 N–H and O–H groups in total. The quantitative estimate of drug-likeness (QED) is 0.580. The zero-order valence-electron chi connectivity index (χ0n) is 8.21. The van der Waals surface area contributed by atoms with Crippen LogP contribution in [0.5, 0.6) is 0 Å². The Bertz CT molecular complexity index is 385. The van der Waals surface area contributed by atoms with Crippen LogP contribution in [0.15, 0.2) is 6.20 Å². The third kappa shape index (κ3) is 3.04. The molecule has 7 heteroatoms. The zero-order chi connectivity index (χ0) is 11.4. The lowest BCUT2D eigenvalue weighted by Gasteiger charge is -1.93. The molecule has 0 spiro atoms. The first-order valence-corrected chi connectivity index (χ1v) is 4.41. The molecule has 0 bridgehead atoms. The molecule has 0 radical (unpaired) electrons. The van der Waals surface area contributed by atoms with Gasteiger partial charge in [0.05, 0.1) is 23.4 Å². The summed E-state index contributed by atoms with van der Waals surface area (Å²) in [6.45, 7) is 1.97. The predicted molar refractivity (Wildman–Crippen MR) is 50.5 cm³/mol. The fraction of sp³-hybridized carbons (Fsp3) is 0.500. The molecule has 0 aliphatic carbocycles. The van der Waals surface area contributed by atoms with Crippen LogP contribution < -0.4 is 0 Å². The molecule has 0 atom stereocenters. The molecule has 0 saturated carbocycles. The van der Waals surface area contributed by atoms with Crippen LogP contribution in [0.3, 0.4) is 0 Å². The van der Waals surface area contributed by atoms with Gasteiger partial charge in [-0.2, -0.15) is 4.68 Å². The number of nitrogens with zero attached hydrogens (tertiary/aromatic N) is 3. The van der Waals surface area contributed by atoms with Gasteiger partial charge in [0.25, 0.3) is 0 Å². The first kappa shape index (κ1) is 11.2. The van der Waals surface area contributed by atoms with Crippen LogP contribution in [-0.4, -0.2) is 25.8 Å². The highest BCUT2D eigenvalue weighted by Crippen LogP contribution is 2.14. The number of nitro groups is 1. The number of aliphatic carboxylic acids is 1. The van der Waals surface area contributed by atoms with Gasteiger partial charge in [-0.3, -0.25) is 4.79 Å². The topological polar surface area (TPSA) is 98.3 Å². The summed E-state index contributed by atoms with van der Waals surface area (Å²) in [4.78, 5) is 20.1. The van der Waals surface area contributed by atoms with Gasteiger partial charge in [-0.15, -0.1) is 0 Å². The van der Waals surface area contributed by atoms with Crippen LogP contribution in [0.25, 0.3) is 0 Å². The third-order valence-corrected chi connectivity index (χ3v) is 1.87. The number of carbonyl (C=O) groups is 1. The normalized spacial score (nSPS) is 10.2. The Morgan fingerprint density at radius 2 is 2.40 bits per heavy atom. The number of carboxylic acid groups (broad SMARTS) is 1. The van der Waals surface area contributed by atoms with Crippen LogP contribution in [0, 0.1) is 17.0 Å². The summed E-state index contributed by atoms with van der Waals surface area (Å²) in [5, 5.41) is 22.6. The Morgan fingerprint density at radius 1 is 1.73 bits per heavy atom. The summed E-state index contributed by atoms with van der Waals surface area (Å²) in [5.41, 5.74) is 0.482. The largest absolute Gasteiger partial charge is 0.481 e. The molecule has 15 heavy (non-hydrogen) atoms. The Morgan fingerprint density at radius 3 is 2.87 bits per heavy atom. The molecule has 0 fully saturated rings. The van der Waals surface area contributed by atoms with Crippen molar-refractivity contribution in [3.63, 3.8) is 0 Å². The van der Waals surface area contributed by atoms with Gasteiger partial charge in [0.1, 0.15) is 0 Å². The van der Waals surface area contributed by atoms with Crippen molar-refractivity contribution in [3.05, 3.63) is 21.9 Å². The Hall–Kier alpha value is -1.92. The van der Waals surface area contributed by atoms with Crippen molar-refractivity contribution < 1.29 is 14.8 Å².